The molecule has 1 aromatic carbocycles. The zero-order valence-electron chi connectivity index (χ0n) is 12.9. The van der Waals surface area contributed by atoms with Crippen LogP contribution >= 0.6 is 0 Å². The molecule has 6 heteroatoms. The van der Waals surface area contributed by atoms with Gasteiger partial charge in [-0.3, -0.25) is 4.79 Å². The van der Waals surface area contributed by atoms with Gasteiger partial charge in [0.2, 0.25) is 0 Å². The SMILES string of the molecule is O=C(NC1(c2ccccc2)CC1)c1cn(C[C@@H]2CCCO2)nn1. The van der Waals surface area contributed by atoms with Gasteiger partial charge in [0.05, 0.1) is 24.4 Å². The van der Waals surface area contributed by atoms with Crippen molar-refractivity contribution in [3.8, 4) is 0 Å². The van der Waals surface area contributed by atoms with Crippen molar-refractivity contribution in [2.75, 3.05) is 6.61 Å². The van der Waals surface area contributed by atoms with E-state index in [9.17, 15) is 4.79 Å². The summed E-state index contributed by atoms with van der Waals surface area (Å²) in [5, 5.41) is 11.2. The summed E-state index contributed by atoms with van der Waals surface area (Å²) in [7, 11) is 0. The number of nitrogens with zero attached hydrogens (tertiary/aromatic N) is 3. The molecule has 2 fully saturated rings. The van der Waals surface area contributed by atoms with Crippen LogP contribution in [0.2, 0.25) is 0 Å². The third kappa shape index (κ3) is 2.99. The monoisotopic (exact) mass is 312 g/mol. The van der Waals surface area contributed by atoms with E-state index in [2.05, 4.69) is 27.8 Å². The van der Waals surface area contributed by atoms with Crippen LogP contribution in [0.1, 0.15) is 41.7 Å². The van der Waals surface area contributed by atoms with Crippen LogP contribution in [0, 0.1) is 0 Å². The first-order chi connectivity index (χ1) is 11.3. The maximum atomic E-state index is 12.5. The normalized spacial score (nSPS) is 22.0. The number of aromatic nitrogens is 3. The first kappa shape index (κ1) is 14.4. The van der Waals surface area contributed by atoms with Gasteiger partial charge in [-0.25, -0.2) is 4.68 Å². The Kier molecular flexibility index (Phi) is 3.61. The van der Waals surface area contributed by atoms with Gasteiger partial charge in [-0.05, 0) is 31.2 Å². The number of rotatable bonds is 5. The van der Waals surface area contributed by atoms with Crippen molar-refractivity contribution in [2.45, 2.75) is 43.9 Å². The highest BCUT2D eigenvalue weighted by Gasteiger charge is 2.45. The molecule has 0 bridgehead atoms. The first-order valence-electron chi connectivity index (χ1n) is 8.15. The number of hydrogen-bond donors (Lipinski definition) is 1. The van der Waals surface area contributed by atoms with Crippen molar-refractivity contribution in [3.05, 3.63) is 47.8 Å². The van der Waals surface area contributed by atoms with E-state index >= 15 is 0 Å². The van der Waals surface area contributed by atoms with Gasteiger partial charge < -0.3 is 10.1 Å². The maximum absolute atomic E-state index is 12.5. The topological polar surface area (TPSA) is 69.0 Å². The van der Waals surface area contributed by atoms with E-state index in [0.29, 0.717) is 12.2 Å². The number of carbonyl (C=O) groups excluding carboxylic acids is 1. The lowest BCUT2D eigenvalue weighted by molar-refractivity contribution is 0.0919. The molecule has 23 heavy (non-hydrogen) atoms. The molecule has 1 saturated carbocycles. The Bertz CT molecular complexity index is 688. The molecule has 0 unspecified atom stereocenters. The van der Waals surface area contributed by atoms with E-state index < -0.39 is 0 Å². The fourth-order valence-electron chi connectivity index (χ4n) is 3.14. The summed E-state index contributed by atoms with van der Waals surface area (Å²) in [5.74, 6) is -0.162. The van der Waals surface area contributed by atoms with Crippen LogP contribution in [-0.2, 0) is 16.8 Å². The quantitative estimate of drug-likeness (QED) is 0.915. The minimum Gasteiger partial charge on any atom is -0.376 e. The van der Waals surface area contributed by atoms with Gasteiger partial charge in [-0.15, -0.1) is 5.10 Å². The molecule has 1 saturated heterocycles. The fraction of sp³-hybridized carbons (Fsp3) is 0.471. The fourth-order valence-corrected chi connectivity index (χ4v) is 3.14. The molecule has 0 spiro atoms. The predicted octanol–water partition coefficient (Wildman–Crippen LogP) is 1.88. The summed E-state index contributed by atoms with van der Waals surface area (Å²) in [6.07, 6.45) is 5.95. The number of benzene rings is 1. The number of amides is 1. The van der Waals surface area contributed by atoms with Crippen LogP contribution in [0.5, 0.6) is 0 Å². The minimum absolute atomic E-state index is 0.162. The Labute approximate surface area is 134 Å². The van der Waals surface area contributed by atoms with Gasteiger partial charge >= 0.3 is 0 Å². The highest BCUT2D eigenvalue weighted by atomic mass is 16.5. The third-order valence-corrected chi connectivity index (χ3v) is 4.62. The van der Waals surface area contributed by atoms with Crippen molar-refractivity contribution < 1.29 is 9.53 Å². The van der Waals surface area contributed by atoms with Gasteiger partial charge in [0.25, 0.3) is 5.91 Å². The molecule has 1 N–H and O–H groups in total. The molecule has 0 radical (unpaired) electrons. The van der Waals surface area contributed by atoms with E-state index in [1.165, 1.54) is 0 Å². The number of ether oxygens (including phenoxy) is 1. The first-order valence-corrected chi connectivity index (χ1v) is 8.15. The summed E-state index contributed by atoms with van der Waals surface area (Å²) < 4.78 is 7.29. The second-order valence-electron chi connectivity index (χ2n) is 6.36. The van der Waals surface area contributed by atoms with Gasteiger partial charge in [0, 0.05) is 6.61 Å². The highest BCUT2D eigenvalue weighted by Crippen LogP contribution is 2.45. The molecule has 1 aromatic heterocycles. The van der Waals surface area contributed by atoms with Crippen LogP contribution in [-0.4, -0.2) is 33.6 Å². The standard InChI is InChI=1S/C17H20N4O2/c22-16(18-17(8-9-17)13-5-2-1-3-6-13)15-12-21(20-19-15)11-14-7-4-10-23-14/h1-3,5-6,12,14H,4,7-11H2,(H,18,22)/t14-/m0/s1. The lowest BCUT2D eigenvalue weighted by Gasteiger charge is -2.16. The van der Waals surface area contributed by atoms with Crippen LogP contribution in [0.3, 0.4) is 0 Å². The molecule has 2 aromatic rings. The summed E-state index contributed by atoms with van der Waals surface area (Å²) in [5.41, 5.74) is 1.29. The molecule has 120 valence electrons. The zero-order valence-corrected chi connectivity index (χ0v) is 12.9. The molecule has 2 aliphatic rings. The van der Waals surface area contributed by atoms with Crippen LogP contribution in [0.4, 0.5) is 0 Å². The minimum atomic E-state index is -0.226. The Hall–Kier alpha value is -2.21. The average Bonchev–Trinajstić information content (AvgIpc) is 3.00. The van der Waals surface area contributed by atoms with E-state index in [0.717, 1.165) is 37.9 Å². The van der Waals surface area contributed by atoms with E-state index in [4.69, 9.17) is 4.74 Å². The lowest BCUT2D eigenvalue weighted by atomic mass is 10.1. The van der Waals surface area contributed by atoms with Gasteiger partial charge in [-0.2, -0.15) is 0 Å². The Morgan fingerprint density at radius 2 is 2.17 bits per heavy atom. The highest BCUT2D eigenvalue weighted by molar-refractivity contribution is 5.92. The van der Waals surface area contributed by atoms with Crippen molar-refractivity contribution in [1.82, 2.24) is 20.3 Å². The average molecular weight is 312 g/mol. The Balaban J connectivity index is 1.42. The van der Waals surface area contributed by atoms with Crippen LogP contribution in [0.15, 0.2) is 36.5 Å². The molecular formula is C17H20N4O2. The molecule has 1 amide bonds. The molecule has 4 rings (SSSR count). The summed E-state index contributed by atoms with van der Waals surface area (Å²) >= 11 is 0. The second-order valence-corrected chi connectivity index (χ2v) is 6.36. The molecule has 6 nitrogen and oxygen atoms in total. The third-order valence-electron chi connectivity index (χ3n) is 4.62. The molecule has 1 aliphatic carbocycles. The van der Waals surface area contributed by atoms with E-state index in [1.54, 1.807) is 10.9 Å². The van der Waals surface area contributed by atoms with E-state index in [-0.39, 0.29) is 17.6 Å². The molecule has 2 heterocycles. The molecule has 1 aliphatic heterocycles. The van der Waals surface area contributed by atoms with Gasteiger partial charge in [-0.1, -0.05) is 35.5 Å². The van der Waals surface area contributed by atoms with Crippen molar-refractivity contribution in [3.63, 3.8) is 0 Å². The molecule has 1 atom stereocenters. The van der Waals surface area contributed by atoms with Crippen molar-refractivity contribution in [2.24, 2.45) is 0 Å². The predicted molar refractivity (Wildman–Crippen MR) is 83.8 cm³/mol. The van der Waals surface area contributed by atoms with Crippen molar-refractivity contribution in [1.29, 1.82) is 0 Å². The largest absolute Gasteiger partial charge is 0.376 e. The second kappa shape index (κ2) is 5.77. The summed E-state index contributed by atoms with van der Waals surface area (Å²) in [4.78, 5) is 12.5. The van der Waals surface area contributed by atoms with Crippen LogP contribution in [0.25, 0.3) is 0 Å². The van der Waals surface area contributed by atoms with E-state index in [1.807, 2.05) is 18.2 Å². The van der Waals surface area contributed by atoms with Crippen molar-refractivity contribution >= 4 is 5.91 Å². The number of hydrogen-bond acceptors (Lipinski definition) is 4. The lowest BCUT2D eigenvalue weighted by Crippen LogP contribution is -2.35. The Morgan fingerprint density at radius 1 is 1.35 bits per heavy atom. The number of carbonyl (C=O) groups is 1. The van der Waals surface area contributed by atoms with Gasteiger partial charge in [0.1, 0.15) is 0 Å². The zero-order chi connectivity index (χ0) is 15.7. The Morgan fingerprint density at radius 3 is 2.87 bits per heavy atom. The summed E-state index contributed by atoms with van der Waals surface area (Å²) in [6, 6.07) is 10.1. The van der Waals surface area contributed by atoms with Gasteiger partial charge in [0.15, 0.2) is 5.69 Å². The summed E-state index contributed by atoms with van der Waals surface area (Å²) in [6.45, 7) is 1.47. The smallest absolute Gasteiger partial charge is 0.274 e. The molecular weight excluding hydrogens is 292 g/mol. The maximum Gasteiger partial charge on any atom is 0.274 e. The number of nitrogens with one attached hydrogen (secondary N) is 1. The van der Waals surface area contributed by atoms with Crippen LogP contribution < -0.4 is 5.32 Å².